The number of methoxy groups -OCH3 is 1. The van der Waals surface area contributed by atoms with Gasteiger partial charge in [-0.15, -0.1) is 0 Å². The first kappa shape index (κ1) is 19.1. The van der Waals surface area contributed by atoms with E-state index in [0.717, 1.165) is 4.47 Å². The van der Waals surface area contributed by atoms with Crippen LogP contribution in [0.15, 0.2) is 58.6 Å². The second kappa shape index (κ2) is 7.94. The van der Waals surface area contributed by atoms with E-state index in [2.05, 4.69) is 15.9 Å². The lowest BCUT2D eigenvalue weighted by atomic mass is 9.95. The van der Waals surface area contributed by atoms with Gasteiger partial charge < -0.3 is 19.8 Å². The van der Waals surface area contributed by atoms with Gasteiger partial charge in [-0.3, -0.25) is 9.59 Å². The highest BCUT2D eigenvalue weighted by Gasteiger charge is 2.45. The molecule has 1 heterocycles. The molecule has 3 rings (SSSR count). The number of amides is 1. The van der Waals surface area contributed by atoms with E-state index < -0.39 is 17.7 Å². The molecule has 1 saturated heterocycles. The third-order valence-corrected chi connectivity index (χ3v) is 4.96. The SMILES string of the molecule is COc1ccc([C@@H]2C(=C(O)c3ccc(Br)cc3)C(=O)C(=O)N2CCO)cc1. The summed E-state index contributed by atoms with van der Waals surface area (Å²) in [6.45, 7) is -0.309. The Hall–Kier alpha value is -2.64. The van der Waals surface area contributed by atoms with Crippen LogP contribution < -0.4 is 4.74 Å². The Morgan fingerprint density at radius 1 is 1.11 bits per heavy atom. The molecule has 0 aliphatic carbocycles. The predicted octanol–water partition coefficient (Wildman–Crippen LogP) is 2.87. The van der Waals surface area contributed by atoms with Crippen molar-refractivity contribution in [2.24, 2.45) is 0 Å². The Balaban J connectivity index is 2.15. The number of likely N-dealkylation sites (tertiary alicyclic amines) is 1. The van der Waals surface area contributed by atoms with Crippen LogP contribution >= 0.6 is 15.9 Å². The van der Waals surface area contributed by atoms with E-state index in [1.165, 1.54) is 4.90 Å². The van der Waals surface area contributed by atoms with Crippen LogP contribution in [0.3, 0.4) is 0 Å². The molecule has 2 N–H and O–H groups in total. The molecule has 1 aliphatic rings. The summed E-state index contributed by atoms with van der Waals surface area (Å²) in [5.41, 5.74) is 1.07. The second-order valence-corrected chi connectivity index (χ2v) is 6.91. The molecule has 2 aromatic rings. The maximum atomic E-state index is 12.7. The Morgan fingerprint density at radius 3 is 2.30 bits per heavy atom. The number of ketones is 1. The van der Waals surface area contributed by atoms with Gasteiger partial charge in [-0.1, -0.05) is 40.2 Å². The van der Waals surface area contributed by atoms with Gasteiger partial charge in [0, 0.05) is 16.6 Å². The fourth-order valence-corrected chi connectivity index (χ4v) is 3.38. The number of hydrogen-bond donors (Lipinski definition) is 2. The van der Waals surface area contributed by atoms with Crippen molar-refractivity contribution in [3.63, 3.8) is 0 Å². The van der Waals surface area contributed by atoms with Gasteiger partial charge in [0.2, 0.25) is 0 Å². The molecule has 6 nitrogen and oxygen atoms in total. The summed E-state index contributed by atoms with van der Waals surface area (Å²) in [7, 11) is 1.54. The summed E-state index contributed by atoms with van der Waals surface area (Å²) >= 11 is 3.33. The van der Waals surface area contributed by atoms with Gasteiger partial charge in [-0.05, 0) is 29.8 Å². The van der Waals surface area contributed by atoms with Crippen LogP contribution in [-0.4, -0.2) is 47.1 Å². The lowest BCUT2D eigenvalue weighted by Gasteiger charge is -2.24. The number of aliphatic hydroxyl groups is 2. The third-order valence-electron chi connectivity index (χ3n) is 4.43. The molecule has 0 aromatic heterocycles. The van der Waals surface area contributed by atoms with Crippen LogP contribution in [0.5, 0.6) is 5.75 Å². The van der Waals surface area contributed by atoms with Crippen molar-refractivity contribution in [2.75, 3.05) is 20.3 Å². The van der Waals surface area contributed by atoms with Gasteiger partial charge in [-0.25, -0.2) is 0 Å². The van der Waals surface area contributed by atoms with Gasteiger partial charge in [0.05, 0.1) is 25.3 Å². The van der Waals surface area contributed by atoms with E-state index in [9.17, 15) is 19.8 Å². The molecule has 140 valence electrons. The molecule has 0 bridgehead atoms. The number of carbonyl (C=O) groups excluding carboxylic acids is 2. The van der Waals surface area contributed by atoms with Gasteiger partial charge in [0.25, 0.3) is 11.7 Å². The lowest BCUT2D eigenvalue weighted by Crippen LogP contribution is -2.32. The van der Waals surface area contributed by atoms with Crippen molar-refractivity contribution >= 4 is 33.4 Å². The molecule has 0 radical (unpaired) electrons. The quantitative estimate of drug-likeness (QED) is 0.431. The molecule has 7 heteroatoms. The summed E-state index contributed by atoms with van der Waals surface area (Å²) in [6.07, 6.45) is 0. The van der Waals surface area contributed by atoms with E-state index >= 15 is 0 Å². The monoisotopic (exact) mass is 431 g/mol. The Bertz CT molecular complexity index is 890. The Morgan fingerprint density at radius 2 is 1.74 bits per heavy atom. The number of ether oxygens (including phenoxy) is 1. The van der Waals surface area contributed by atoms with E-state index in [4.69, 9.17) is 4.74 Å². The minimum absolute atomic E-state index is 0.000870. The van der Waals surface area contributed by atoms with Gasteiger partial charge >= 0.3 is 0 Å². The summed E-state index contributed by atoms with van der Waals surface area (Å²) in [5.74, 6) is -1.14. The molecule has 1 aliphatic heterocycles. The number of β-amino-alcohol motifs (C(OH)–C–C–N with tert-alkyl or cyclic N) is 1. The topological polar surface area (TPSA) is 87.1 Å². The smallest absolute Gasteiger partial charge is 0.295 e. The van der Waals surface area contributed by atoms with Crippen molar-refractivity contribution in [3.8, 4) is 5.75 Å². The number of Topliss-reactive ketones (excluding diaryl/α,β-unsaturated/α-hetero) is 1. The van der Waals surface area contributed by atoms with Crippen LogP contribution in [-0.2, 0) is 9.59 Å². The highest BCUT2D eigenvalue weighted by Crippen LogP contribution is 2.39. The summed E-state index contributed by atoms with van der Waals surface area (Å²) in [4.78, 5) is 26.4. The average molecular weight is 432 g/mol. The van der Waals surface area contributed by atoms with Crippen LogP contribution in [0.25, 0.3) is 5.76 Å². The van der Waals surface area contributed by atoms with E-state index in [-0.39, 0.29) is 24.5 Å². The first-order valence-corrected chi connectivity index (χ1v) is 9.06. The molecule has 0 saturated carbocycles. The van der Waals surface area contributed by atoms with Crippen molar-refractivity contribution < 1.29 is 24.5 Å². The average Bonchev–Trinajstić information content (AvgIpc) is 2.93. The van der Waals surface area contributed by atoms with E-state index in [1.54, 1.807) is 55.6 Å². The van der Waals surface area contributed by atoms with E-state index in [1.807, 2.05) is 0 Å². The lowest BCUT2D eigenvalue weighted by molar-refractivity contribution is -0.140. The molecule has 0 unspecified atom stereocenters. The minimum Gasteiger partial charge on any atom is -0.507 e. The van der Waals surface area contributed by atoms with Gasteiger partial charge in [-0.2, -0.15) is 0 Å². The fourth-order valence-electron chi connectivity index (χ4n) is 3.11. The zero-order valence-corrected chi connectivity index (χ0v) is 16.1. The number of benzene rings is 2. The van der Waals surface area contributed by atoms with Crippen molar-refractivity contribution in [2.45, 2.75) is 6.04 Å². The van der Waals surface area contributed by atoms with E-state index in [0.29, 0.717) is 16.9 Å². The zero-order chi connectivity index (χ0) is 19.6. The molecule has 0 spiro atoms. The minimum atomic E-state index is -0.785. The molecular formula is C20H18BrNO5. The maximum Gasteiger partial charge on any atom is 0.295 e. The summed E-state index contributed by atoms with van der Waals surface area (Å²) in [6, 6.07) is 12.9. The Labute approximate surface area is 164 Å². The van der Waals surface area contributed by atoms with Crippen LogP contribution in [0.4, 0.5) is 0 Å². The number of halogens is 1. The molecule has 1 fully saturated rings. The second-order valence-electron chi connectivity index (χ2n) is 6.00. The van der Waals surface area contributed by atoms with Gasteiger partial charge in [0.15, 0.2) is 0 Å². The zero-order valence-electron chi connectivity index (χ0n) is 14.6. The number of carbonyl (C=O) groups is 2. The third kappa shape index (κ3) is 3.61. The number of nitrogens with zero attached hydrogens (tertiary/aromatic N) is 1. The highest BCUT2D eigenvalue weighted by atomic mass is 79.9. The molecule has 27 heavy (non-hydrogen) atoms. The van der Waals surface area contributed by atoms with Crippen LogP contribution in [0, 0.1) is 0 Å². The molecule has 2 aromatic carbocycles. The summed E-state index contributed by atoms with van der Waals surface area (Å²) in [5, 5.41) is 20.1. The number of aliphatic hydroxyl groups excluding tert-OH is 2. The maximum absolute atomic E-state index is 12.7. The van der Waals surface area contributed by atoms with Crippen molar-refractivity contribution in [1.29, 1.82) is 0 Å². The highest BCUT2D eigenvalue weighted by molar-refractivity contribution is 9.10. The Kier molecular flexibility index (Phi) is 5.62. The fraction of sp³-hybridized carbons (Fsp3) is 0.200. The van der Waals surface area contributed by atoms with Crippen LogP contribution in [0.2, 0.25) is 0 Å². The largest absolute Gasteiger partial charge is 0.507 e. The number of hydrogen-bond acceptors (Lipinski definition) is 5. The normalized spacial score (nSPS) is 18.8. The molecule has 1 atom stereocenters. The summed E-state index contributed by atoms with van der Waals surface area (Å²) < 4.78 is 5.98. The van der Waals surface area contributed by atoms with Crippen molar-refractivity contribution in [3.05, 3.63) is 69.7 Å². The number of rotatable bonds is 5. The van der Waals surface area contributed by atoms with Crippen LogP contribution in [0.1, 0.15) is 17.2 Å². The molecule has 1 amide bonds. The van der Waals surface area contributed by atoms with Gasteiger partial charge in [0.1, 0.15) is 11.5 Å². The first-order valence-electron chi connectivity index (χ1n) is 8.27. The van der Waals surface area contributed by atoms with Crippen molar-refractivity contribution in [1.82, 2.24) is 4.90 Å². The first-order chi connectivity index (χ1) is 13.0. The standard InChI is InChI=1S/C20H18BrNO5/c1-27-15-8-4-12(5-9-15)17-16(19(25)20(26)22(17)10-11-23)18(24)13-2-6-14(21)7-3-13/h2-9,17,23-24H,10-11H2,1H3/t17-/m1/s1. The molecular weight excluding hydrogens is 414 g/mol. The predicted molar refractivity (Wildman–Crippen MR) is 103 cm³/mol.